The van der Waals surface area contributed by atoms with Crippen molar-refractivity contribution in [2.75, 3.05) is 19.6 Å². The maximum absolute atomic E-state index is 12.7. The predicted molar refractivity (Wildman–Crippen MR) is 86.6 cm³/mol. The van der Waals surface area contributed by atoms with Crippen LogP contribution in [0.1, 0.15) is 44.5 Å². The summed E-state index contributed by atoms with van der Waals surface area (Å²) in [4.78, 5) is 14.5. The lowest BCUT2D eigenvalue weighted by atomic mass is 10.1. The fraction of sp³-hybridized carbons (Fsp3) is 0.588. The summed E-state index contributed by atoms with van der Waals surface area (Å²) < 4.78 is 5.66. The first-order chi connectivity index (χ1) is 9.93. The van der Waals surface area contributed by atoms with Gasteiger partial charge in [-0.3, -0.25) is 4.79 Å². The topological polar surface area (TPSA) is 55.6 Å². The fourth-order valence-corrected chi connectivity index (χ4v) is 2.16. The average Bonchev–Trinajstić information content (AvgIpc) is 2.42. The summed E-state index contributed by atoms with van der Waals surface area (Å²) in [6, 6.07) is 7.40. The van der Waals surface area contributed by atoms with Gasteiger partial charge in [-0.15, -0.1) is 0 Å². The summed E-state index contributed by atoms with van der Waals surface area (Å²) in [6.07, 6.45) is 0.917. The van der Waals surface area contributed by atoms with Crippen molar-refractivity contribution in [2.24, 2.45) is 11.7 Å². The van der Waals surface area contributed by atoms with Crippen molar-refractivity contribution < 1.29 is 9.53 Å². The zero-order valence-corrected chi connectivity index (χ0v) is 13.6. The molecule has 0 fully saturated rings. The van der Waals surface area contributed by atoms with Gasteiger partial charge in [-0.1, -0.05) is 19.9 Å². The molecule has 1 aromatic rings. The number of carbonyl (C=O) groups is 1. The highest BCUT2D eigenvalue weighted by Gasteiger charge is 2.17. The molecule has 0 aliphatic rings. The number of nitrogens with two attached hydrogens (primary N) is 1. The van der Waals surface area contributed by atoms with Crippen molar-refractivity contribution in [1.82, 2.24) is 4.90 Å². The summed E-state index contributed by atoms with van der Waals surface area (Å²) in [5.41, 5.74) is 6.24. The van der Waals surface area contributed by atoms with Gasteiger partial charge >= 0.3 is 0 Å². The molecule has 1 rings (SSSR count). The third-order valence-corrected chi connectivity index (χ3v) is 2.96. The smallest absolute Gasteiger partial charge is 0.253 e. The molecule has 0 unspecified atom stereocenters. The number of hydrogen-bond acceptors (Lipinski definition) is 3. The number of benzene rings is 1. The molecule has 0 aliphatic carbocycles. The van der Waals surface area contributed by atoms with E-state index in [4.69, 9.17) is 10.5 Å². The summed E-state index contributed by atoms with van der Waals surface area (Å²) in [5, 5.41) is 0. The Morgan fingerprint density at radius 2 is 2.00 bits per heavy atom. The van der Waals surface area contributed by atoms with E-state index in [1.54, 1.807) is 0 Å². The second kappa shape index (κ2) is 8.67. The van der Waals surface area contributed by atoms with E-state index in [1.165, 1.54) is 0 Å². The van der Waals surface area contributed by atoms with Gasteiger partial charge in [-0.25, -0.2) is 0 Å². The van der Waals surface area contributed by atoms with Crippen LogP contribution < -0.4 is 10.5 Å². The van der Waals surface area contributed by atoms with Crippen LogP contribution in [0.5, 0.6) is 5.75 Å². The predicted octanol–water partition coefficient (Wildman–Crippen LogP) is 2.92. The third-order valence-electron chi connectivity index (χ3n) is 2.96. The van der Waals surface area contributed by atoms with Gasteiger partial charge < -0.3 is 15.4 Å². The minimum atomic E-state index is 0.0476. The van der Waals surface area contributed by atoms with E-state index in [-0.39, 0.29) is 12.0 Å². The summed E-state index contributed by atoms with van der Waals surface area (Å²) >= 11 is 0. The van der Waals surface area contributed by atoms with Crippen LogP contribution in [0.15, 0.2) is 24.3 Å². The van der Waals surface area contributed by atoms with Crippen molar-refractivity contribution in [2.45, 2.75) is 40.2 Å². The maximum atomic E-state index is 12.7. The molecule has 0 aliphatic heterocycles. The summed E-state index contributed by atoms with van der Waals surface area (Å²) in [5.74, 6) is 1.22. The first kappa shape index (κ1) is 17.5. The van der Waals surface area contributed by atoms with Crippen LogP contribution in [0.2, 0.25) is 0 Å². The maximum Gasteiger partial charge on any atom is 0.253 e. The van der Waals surface area contributed by atoms with Gasteiger partial charge in [-0.2, -0.15) is 0 Å². The van der Waals surface area contributed by atoms with E-state index < -0.39 is 0 Å². The molecule has 0 bridgehead atoms. The lowest BCUT2D eigenvalue weighted by Crippen LogP contribution is -2.35. The lowest BCUT2D eigenvalue weighted by Gasteiger charge is -2.25. The molecule has 0 aromatic heterocycles. The molecule has 0 saturated carbocycles. The Morgan fingerprint density at radius 1 is 1.29 bits per heavy atom. The first-order valence-electron chi connectivity index (χ1n) is 7.70. The average molecular weight is 292 g/mol. The first-order valence-corrected chi connectivity index (χ1v) is 7.70. The van der Waals surface area contributed by atoms with E-state index in [1.807, 2.05) is 43.0 Å². The Balaban J connectivity index is 2.86. The minimum absolute atomic E-state index is 0.0476. The number of hydrogen-bond donors (Lipinski definition) is 1. The Kier molecular flexibility index (Phi) is 7.23. The van der Waals surface area contributed by atoms with Gasteiger partial charge in [0.15, 0.2) is 0 Å². The third kappa shape index (κ3) is 6.17. The Labute approximate surface area is 128 Å². The van der Waals surface area contributed by atoms with Gasteiger partial charge in [-0.05, 0) is 50.9 Å². The van der Waals surface area contributed by atoms with Crippen molar-refractivity contribution in [1.29, 1.82) is 0 Å². The zero-order valence-electron chi connectivity index (χ0n) is 13.6. The van der Waals surface area contributed by atoms with Crippen LogP contribution in [-0.4, -0.2) is 36.5 Å². The van der Waals surface area contributed by atoms with Gasteiger partial charge in [0.2, 0.25) is 0 Å². The molecule has 118 valence electrons. The molecular formula is C17H28N2O2. The molecule has 2 N–H and O–H groups in total. The summed E-state index contributed by atoms with van der Waals surface area (Å²) in [6.45, 7) is 10.2. The number of carbonyl (C=O) groups excluding carboxylic acids is 1. The second-order valence-corrected chi connectivity index (χ2v) is 5.98. The van der Waals surface area contributed by atoms with Crippen molar-refractivity contribution in [3.8, 4) is 5.75 Å². The van der Waals surface area contributed by atoms with Gasteiger partial charge in [0.05, 0.1) is 6.10 Å². The van der Waals surface area contributed by atoms with E-state index in [9.17, 15) is 4.79 Å². The molecule has 21 heavy (non-hydrogen) atoms. The van der Waals surface area contributed by atoms with Crippen molar-refractivity contribution >= 4 is 5.91 Å². The Morgan fingerprint density at radius 3 is 2.57 bits per heavy atom. The van der Waals surface area contributed by atoms with Crippen LogP contribution in [0, 0.1) is 5.92 Å². The quantitative estimate of drug-likeness (QED) is 0.801. The molecule has 4 nitrogen and oxygen atoms in total. The van der Waals surface area contributed by atoms with Crippen LogP contribution in [-0.2, 0) is 0 Å². The molecule has 0 saturated heterocycles. The molecule has 4 heteroatoms. The molecule has 0 heterocycles. The molecule has 0 atom stereocenters. The van der Waals surface area contributed by atoms with Crippen LogP contribution >= 0.6 is 0 Å². The lowest BCUT2D eigenvalue weighted by molar-refractivity contribution is 0.0734. The van der Waals surface area contributed by atoms with E-state index in [0.717, 1.165) is 18.7 Å². The molecule has 0 radical (unpaired) electrons. The van der Waals surface area contributed by atoms with Crippen molar-refractivity contribution in [3.63, 3.8) is 0 Å². The van der Waals surface area contributed by atoms with E-state index in [2.05, 4.69) is 13.8 Å². The van der Waals surface area contributed by atoms with Crippen molar-refractivity contribution in [3.05, 3.63) is 29.8 Å². The van der Waals surface area contributed by atoms with Crippen LogP contribution in [0.4, 0.5) is 0 Å². The SMILES string of the molecule is CC(C)CN(CCCN)C(=O)c1cccc(OC(C)C)c1. The monoisotopic (exact) mass is 292 g/mol. The van der Waals surface area contributed by atoms with Crippen LogP contribution in [0.25, 0.3) is 0 Å². The minimum Gasteiger partial charge on any atom is -0.491 e. The summed E-state index contributed by atoms with van der Waals surface area (Å²) in [7, 11) is 0. The highest BCUT2D eigenvalue weighted by atomic mass is 16.5. The van der Waals surface area contributed by atoms with Gasteiger partial charge in [0.1, 0.15) is 5.75 Å². The highest BCUT2D eigenvalue weighted by molar-refractivity contribution is 5.94. The van der Waals surface area contributed by atoms with Gasteiger partial charge in [0, 0.05) is 18.7 Å². The zero-order chi connectivity index (χ0) is 15.8. The number of rotatable bonds is 8. The Bertz CT molecular complexity index is 444. The fourth-order valence-electron chi connectivity index (χ4n) is 2.16. The largest absolute Gasteiger partial charge is 0.491 e. The van der Waals surface area contributed by atoms with Crippen LogP contribution in [0.3, 0.4) is 0 Å². The molecule has 0 spiro atoms. The normalized spacial score (nSPS) is 11.0. The standard InChI is InChI=1S/C17H28N2O2/c1-13(2)12-19(10-6-9-18)17(20)15-7-5-8-16(11-15)21-14(3)4/h5,7-8,11,13-14H,6,9-10,12,18H2,1-4H3. The van der Waals surface area contributed by atoms with E-state index >= 15 is 0 Å². The number of ether oxygens (including phenoxy) is 1. The molecular weight excluding hydrogens is 264 g/mol. The number of amides is 1. The van der Waals surface area contributed by atoms with Gasteiger partial charge in [0.25, 0.3) is 5.91 Å². The highest BCUT2D eigenvalue weighted by Crippen LogP contribution is 2.17. The number of nitrogens with zero attached hydrogens (tertiary/aromatic N) is 1. The second-order valence-electron chi connectivity index (χ2n) is 5.98. The molecule has 1 aromatic carbocycles. The Hall–Kier alpha value is -1.55. The van der Waals surface area contributed by atoms with E-state index in [0.29, 0.717) is 24.6 Å². The molecule has 1 amide bonds.